The zero-order valence-corrected chi connectivity index (χ0v) is 12.6. The summed E-state index contributed by atoms with van der Waals surface area (Å²) in [4.78, 5) is 12.4. The van der Waals surface area contributed by atoms with E-state index in [0.29, 0.717) is 5.92 Å². The average molecular weight is 290 g/mol. The lowest BCUT2D eigenvalue weighted by Crippen LogP contribution is -2.32. The van der Waals surface area contributed by atoms with Gasteiger partial charge in [-0.25, -0.2) is 0 Å². The first kappa shape index (κ1) is 13.8. The topological polar surface area (TPSA) is 41.1 Å². The molecule has 1 amide bonds. The van der Waals surface area contributed by atoms with Gasteiger partial charge >= 0.3 is 0 Å². The van der Waals surface area contributed by atoms with E-state index in [1.54, 1.807) is 0 Å². The normalized spacial score (nSPS) is 19.0. The van der Waals surface area contributed by atoms with Crippen molar-refractivity contribution in [3.05, 3.63) is 29.3 Å². The summed E-state index contributed by atoms with van der Waals surface area (Å²) in [5, 5.41) is 6.52. The van der Waals surface area contributed by atoms with Crippen LogP contribution in [0.2, 0.25) is 0 Å². The van der Waals surface area contributed by atoms with Crippen LogP contribution < -0.4 is 10.6 Å². The van der Waals surface area contributed by atoms with Crippen LogP contribution in [0.1, 0.15) is 35.2 Å². The highest BCUT2D eigenvalue weighted by Crippen LogP contribution is 2.26. The van der Waals surface area contributed by atoms with E-state index in [1.165, 1.54) is 29.9 Å². The molecule has 108 valence electrons. The largest absolute Gasteiger partial charge is 0.385 e. The highest BCUT2D eigenvalue weighted by atomic mass is 32.2. The minimum absolute atomic E-state index is 0.101. The molecule has 1 aromatic carbocycles. The Bertz CT molecular complexity index is 483. The van der Waals surface area contributed by atoms with Crippen molar-refractivity contribution in [3.8, 4) is 0 Å². The summed E-state index contributed by atoms with van der Waals surface area (Å²) in [5.74, 6) is 3.25. The first-order chi connectivity index (χ1) is 9.84. The summed E-state index contributed by atoms with van der Waals surface area (Å²) in [6, 6.07) is 6.00. The van der Waals surface area contributed by atoms with Gasteiger partial charge in [-0.15, -0.1) is 0 Å². The van der Waals surface area contributed by atoms with Gasteiger partial charge in [0.05, 0.1) is 0 Å². The third-order valence-electron chi connectivity index (χ3n) is 4.23. The Morgan fingerprint density at radius 2 is 2.20 bits per heavy atom. The maximum absolute atomic E-state index is 12.4. The van der Waals surface area contributed by atoms with Crippen LogP contribution in [-0.4, -0.2) is 30.5 Å². The summed E-state index contributed by atoms with van der Waals surface area (Å²) in [6.07, 6.45) is 4.59. The molecule has 20 heavy (non-hydrogen) atoms. The fraction of sp³-hybridized carbons (Fsp3) is 0.562. The SMILES string of the molecule is O=C(NCC1CCSCC1)c1cccc2c1CCCN2. The van der Waals surface area contributed by atoms with Crippen molar-refractivity contribution in [1.29, 1.82) is 0 Å². The highest BCUT2D eigenvalue weighted by Gasteiger charge is 2.19. The van der Waals surface area contributed by atoms with Gasteiger partial charge in [0.1, 0.15) is 0 Å². The Balaban J connectivity index is 1.64. The number of benzene rings is 1. The second-order valence-electron chi connectivity index (χ2n) is 5.63. The number of fused-ring (bicyclic) bond motifs is 1. The number of thioether (sulfide) groups is 1. The quantitative estimate of drug-likeness (QED) is 0.899. The Morgan fingerprint density at radius 1 is 1.35 bits per heavy atom. The molecule has 0 bridgehead atoms. The van der Waals surface area contributed by atoms with Crippen molar-refractivity contribution < 1.29 is 4.79 Å². The molecule has 0 radical (unpaired) electrons. The third kappa shape index (κ3) is 3.11. The van der Waals surface area contributed by atoms with E-state index in [4.69, 9.17) is 0 Å². The molecule has 0 spiro atoms. The average Bonchev–Trinajstić information content (AvgIpc) is 2.53. The monoisotopic (exact) mass is 290 g/mol. The maximum atomic E-state index is 12.4. The fourth-order valence-electron chi connectivity index (χ4n) is 3.01. The lowest BCUT2D eigenvalue weighted by atomic mass is 9.96. The van der Waals surface area contributed by atoms with Gasteiger partial charge < -0.3 is 10.6 Å². The molecular formula is C16H22N2OS. The second-order valence-corrected chi connectivity index (χ2v) is 6.85. The zero-order valence-electron chi connectivity index (χ0n) is 11.8. The van der Waals surface area contributed by atoms with Crippen LogP contribution >= 0.6 is 11.8 Å². The molecule has 0 aliphatic carbocycles. The van der Waals surface area contributed by atoms with E-state index in [2.05, 4.69) is 16.7 Å². The summed E-state index contributed by atoms with van der Waals surface area (Å²) in [5.41, 5.74) is 3.19. The molecule has 3 nitrogen and oxygen atoms in total. The van der Waals surface area contributed by atoms with Gasteiger partial charge in [-0.1, -0.05) is 6.07 Å². The maximum Gasteiger partial charge on any atom is 0.251 e. The number of hydrogen-bond donors (Lipinski definition) is 2. The minimum Gasteiger partial charge on any atom is -0.385 e. The second kappa shape index (κ2) is 6.53. The number of amides is 1. The minimum atomic E-state index is 0.101. The smallest absolute Gasteiger partial charge is 0.251 e. The molecule has 0 unspecified atom stereocenters. The molecule has 0 saturated carbocycles. The van der Waals surface area contributed by atoms with Gasteiger partial charge in [0.15, 0.2) is 0 Å². The van der Waals surface area contributed by atoms with Crippen LogP contribution in [0.25, 0.3) is 0 Å². The Labute approximate surface area is 124 Å². The third-order valence-corrected chi connectivity index (χ3v) is 5.28. The van der Waals surface area contributed by atoms with E-state index >= 15 is 0 Å². The fourth-order valence-corrected chi connectivity index (χ4v) is 4.21. The van der Waals surface area contributed by atoms with Gasteiger partial charge in [-0.3, -0.25) is 4.79 Å². The van der Waals surface area contributed by atoms with Crippen molar-refractivity contribution in [1.82, 2.24) is 5.32 Å². The van der Waals surface area contributed by atoms with Crippen LogP contribution in [0.15, 0.2) is 18.2 Å². The van der Waals surface area contributed by atoms with Crippen LogP contribution in [-0.2, 0) is 6.42 Å². The molecule has 0 aromatic heterocycles. The molecule has 1 fully saturated rings. The molecule has 2 aliphatic heterocycles. The van der Waals surface area contributed by atoms with Crippen molar-refractivity contribution in [2.24, 2.45) is 5.92 Å². The molecular weight excluding hydrogens is 268 g/mol. The molecule has 3 rings (SSSR count). The highest BCUT2D eigenvalue weighted by molar-refractivity contribution is 7.99. The Kier molecular flexibility index (Phi) is 4.51. The number of nitrogens with one attached hydrogen (secondary N) is 2. The Morgan fingerprint density at radius 3 is 3.05 bits per heavy atom. The van der Waals surface area contributed by atoms with Crippen LogP contribution in [0.5, 0.6) is 0 Å². The molecule has 2 heterocycles. The van der Waals surface area contributed by atoms with E-state index < -0.39 is 0 Å². The van der Waals surface area contributed by atoms with Gasteiger partial charge in [0.25, 0.3) is 5.91 Å². The lowest BCUT2D eigenvalue weighted by Gasteiger charge is -2.23. The standard InChI is InChI=1S/C16H22N2OS/c19-16(18-11-12-6-9-20-10-7-12)14-3-1-5-15-13(14)4-2-8-17-15/h1,3,5,12,17H,2,4,6-11H2,(H,18,19). The number of rotatable bonds is 3. The Hall–Kier alpha value is -1.16. The van der Waals surface area contributed by atoms with Crippen molar-refractivity contribution in [2.75, 3.05) is 29.9 Å². The summed E-state index contributed by atoms with van der Waals surface area (Å²) < 4.78 is 0. The molecule has 0 atom stereocenters. The van der Waals surface area contributed by atoms with E-state index in [0.717, 1.165) is 37.2 Å². The molecule has 4 heteroatoms. The zero-order chi connectivity index (χ0) is 13.8. The first-order valence-electron chi connectivity index (χ1n) is 7.56. The van der Waals surface area contributed by atoms with E-state index in [1.807, 2.05) is 23.9 Å². The summed E-state index contributed by atoms with van der Waals surface area (Å²) >= 11 is 2.03. The van der Waals surface area contributed by atoms with Gasteiger partial charge in [0.2, 0.25) is 0 Å². The summed E-state index contributed by atoms with van der Waals surface area (Å²) in [7, 11) is 0. The predicted molar refractivity (Wildman–Crippen MR) is 85.6 cm³/mol. The van der Waals surface area contributed by atoms with Crippen molar-refractivity contribution in [3.63, 3.8) is 0 Å². The molecule has 1 aromatic rings. The number of carbonyl (C=O) groups is 1. The molecule has 1 saturated heterocycles. The van der Waals surface area contributed by atoms with Crippen LogP contribution in [0.4, 0.5) is 5.69 Å². The van der Waals surface area contributed by atoms with E-state index in [9.17, 15) is 4.79 Å². The van der Waals surface area contributed by atoms with Crippen LogP contribution in [0.3, 0.4) is 0 Å². The number of anilines is 1. The number of carbonyl (C=O) groups excluding carboxylic acids is 1. The molecule has 2 aliphatic rings. The van der Waals surface area contributed by atoms with E-state index in [-0.39, 0.29) is 5.91 Å². The van der Waals surface area contributed by atoms with Gasteiger partial charge in [-0.2, -0.15) is 11.8 Å². The van der Waals surface area contributed by atoms with Gasteiger partial charge in [-0.05, 0) is 60.8 Å². The van der Waals surface area contributed by atoms with Gasteiger partial charge in [0, 0.05) is 24.3 Å². The van der Waals surface area contributed by atoms with Crippen molar-refractivity contribution in [2.45, 2.75) is 25.7 Å². The van der Waals surface area contributed by atoms with Crippen LogP contribution in [0, 0.1) is 5.92 Å². The van der Waals surface area contributed by atoms with Crippen molar-refractivity contribution >= 4 is 23.4 Å². The lowest BCUT2D eigenvalue weighted by molar-refractivity contribution is 0.0945. The first-order valence-corrected chi connectivity index (χ1v) is 8.72. The predicted octanol–water partition coefficient (Wildman–Crippen LogP) is 2.92. The molecule has 2 N–H and O–H groups in total. The number of hydrogen-bond acceptors (Lipinski definition) is 3. The summed E-state index contributed by atoms with van der Waals surface area (Å²) in [6.45, 7) is 1.84.